The van der Waals surface area contributed by atoms with E-state index in [1.807, 2.05) is 4.72 Å². The second-order valence-electron chi connectivity index (χ2n) is 11.8. The number of hydrogen-bond donors (Lipinski definition) is 2. The van der Waals surface area contributed by atoms with E-state index < -0.39 is 67.2 Å². The number of aryl methyl sites for hydroxylation is 1. The molecule has 0 unspecified atom stereocenters. The molecule has 0 aliphatic heterocycles. The van der Waals surface area contributed by atoms with Crippen molar-refractivity contribution in [1.29, 1.82) is 0 Å². The lowest BCUT2D eigenvalue weighted by molar-refractivity contribution is -0.152. The summed E-state index contributed by atoms with van der Waals surface area (Å²) >= 11 is 0. The van der Waals surface area contributed by atoms with E-state index in [9.17, 15) is 27.6 Å². The number of anilines is 1. The Morgan fingerprint density at radius 3 is 2.48 bits per heavy atom. The molecule has 0 bridgehead atoms. The number of halogens is 2. The number of pyridine rings is 1. The first-order chi connectivity index (χ1) is 23.9. The molecule has 3 aromatic heterocycles. The van der Waals surface area contributed by atoms with Crippen molar-refractivity contribution >= 4 is 38.5 Å². The van der Waals surface area contributed by atoms with Crippen LogP contribution in [0.2, 0.25) is 0 Å². The zero-order valence-electron chi connectivity index (χ0n) is 26.6. The molecule has 1 atom stereocenters. The monoisotopic (exact) mass is 707 g/mol. The van der Waals surface area contributed by atoms with Crippen LogP contribution in [0.25, 0.3) is 16.6 Å². The maximum Gasteiger partial charge on any atom is 0.335 e. The van der Waals surface area contributed by atoms with Crippen molar-refractivity contribution in [2.45, 2.75) is 55.8 Å². The van der Waals surface area contributed by atoms with Crippen LogP contribution in [0.4, 0.5) is 14.5 Å². The summed E-state index contributed by atoms with van der Waals surface area (Å²) in [6.07, 6.45) is 7.45. The number of carbonyl (C=O) groups excluding carboxylic acids is 2. The van der Waals surface area contributed by atoms with Gasteiger partial charge in [-0.05, 0) is 67.6 Å². The van der Waals surface area contributed by atoms with Crippen molar-refractivity contribution in [1.82, 2.24) is 19.4 Å². The van der Waals surface area contributed by atoms with Gasteiger partial charge in [0, 0.05) is 25.7 Å². The zero-order valence-corrected chi connectivity index (χ0v) is 27.4. The molecule has 5 aromatic rings. The highest BCUT2D eigenvalue weighted by Crippen LogP contribution is 2.24. The Labute approximate surface area is 283 Å². The molecule has 0 radical (unpaired) electrons. The van der Waals surface area contributed by atoms with Crippen LogP contribution < -0.4 is 21.3 Å². The summed E-state index contributed by atoms with van der Waals surface area (Å²) < 4.78 is 69.8. The number of nitrogens with one attached hydrogen (secondary N) is 2. The highest BCUT2D eigenvalue weighted by atomic mass is 32.2. The summed E-state index contributed by atoms with van der Waals surface area (Å²) in [4.78, 5) is 57.0. The number of esters is 1. The average molecular weight is 708 g/mol. The number of fused-ring (bicyclic) bond motifs is 1. The van der Waals surface area contributed by atoms with Crippen molar-refractivity contribution < 1.29 is 35.9 Å². The molecule has 0 spiro atoms. The van der Waals surface area contributed by atoms with E-state index in [1.54, 1.807) is 12.1 Å². The molecule has 1 aliphatic carbocycles. The van der Waals surface area contributed by atoms with E-state index in [2.05, 4.69) is 10.3 Å². The lowest BCUT2D eigenvalue weighted by Gasteiger charge is -2.25. The number of carbonyl (C=O) groups is 2. The number of rotatable bonds is 10. The predicted molar refractivity (Wildman–Crippen MR) is 176 cm³/mol. The standard InChI is InChI=1S/C34H31F2N5O8S/c1-40-29-19-37-14-13-23(29)32(43)41(34(40)45)21-11-9-20(10-12-21)16-28(33(44)49-22-6-3-2-4-7-22)38-31(42)24-17-26(36)27(18-25(24)35)39-50(46,47)30-8-5-15-48-30/h5,8-15,17-19,22,28,39H,2-4,6-7,16H2,1H3,(H,38,42)/t28-/m0/s1. The van der Waals surface area contributed by atoms with Gasteiger partial charge in [0.1, 0.15) is 23.8 Å². The highest BCUT2D eigenvalue weighted by Gasteiger charge is 2.29. The van der Waals surface area contributed by atoms with Crippen molar-refractivity contribution in [3.8, 4) is 5.69 Å². The van der Waals surface area contributed by atoms with Gasteiger partial charge < -0.3 is 14.5 Å². The van der Waals surface area contributed by atoms with Crippen molar-refractivity contribution in [3.63, 3.8) is 0 Å². The van der Waals surface area contributed by atoms with E-state index in [0.29, 0.717) is 36.1 Å². The fourth-order valence-electron chi connectivity index (χ4n) is 5.81. The van der Waals surface area contributed by atoms with Gasteiger partial charge in [0.05, 0.1) is 40.3 Å². The number of hydrogen-bond acceptors (Lipinski definition) is 9. The molecule has 3 heterocycles. The van der Waals surface area contributed by atoms with E-state index in [0.717, 1.165) is 36.2 Å². The minimum absolute atomic E-state index is 0.140. The van der Waals surface area contributed by atoms with Crippen LogP contribution in [0.15, 0.2) is 92.4 Å². The number of benzene rings is 2. The predicted octanol–water partition coefficient (Wildman–Crippen LogP) is 3.97. The molecule has 1 fully saturated rings. The first-order valence-corrected chi connectivity index (χ1v) is 17.1. The van der Waals surface area contributed by atoms with Gasteiger partial charge in [0.2, 0.25) is 5.09 Å². The van der Waals surface area contributed by atoms with Crippen LogP contribution in [0.5, 0.6) is 0 Å². The molecule has 6 rings (SSSR count). The number of furan rings is 1. The smallest absolute Gasteiger partial charge is 0.335 e. The van der Waals surface area contributed by atoms with E-state index in [1.165, 1.54) is 48.3 Å². The quantitative estimate of drug-likeness (QED) is 0.204. The van der Waals surface area contributed by atoms with Crippen LogP contribution in [0.1, 0.15) is 48.0 Å². The second-order valence-corrected chi connectivity index (χ2v) is 13.4. The summed E-state index contributed by atoms with van der Waals surface area (Å²) in [5.74, 6) is -4.45. The van der Waals surface area contributed by atoms with Gasteiger partial charge in [-0.25, -0.2) is 22.9 Å². The molecule has 2 N–H and O–H groups in total. The molecule has 0 saturated heterocycles. The lowest BCUT2D eigenvalue weighted by atomic mass is 9.97. The number of nitrogens with zero attached hydrogens (tertiary/aromatic N) is 3. The van der Waals surface area contributed by atoms with Crippen molar-refractivity contribution in [2.24, 2.45) is 7.05 Å². The minimum Gasteiger partial charge on any atom is -0.461 e. The van der Waals surface area contributed by atoms with Crippen LogP contribution >= 0.6 is 0 Å². The van der Waals surface area contributed by atoms with Gasteiger partial charge in [-0.2, -0.15) is 8.42 Å². The average Bonchev–Trinajstić information content (AvgIpc) is 3.66. The molecular weight excluding hydrogens is 676 g/mol. The molecule has 16 heteroatoms. The van der Waals surface area contributed by atoms with Crippen LogP contribution in [0, 0.1) is 11.6 Å². The molecule has 50 heavy (non-hydrogen) atoms. The Balaban J connectivity index is 1.25. The highest BCUT2D eigenvalue weighted by molar-refractivity contribution is 7.92. The lowest BCUT2D eigenvalue weighted by Crippen LogP contribution is -2.45. The molecule has 13 nitrogen and oxygen atoms in total. The number of aromatic nitrogens is 3. The molecule has 2 aromatic carbocycles. The third kappa shape index (κ3) is 7.05. The minimum atomic E-state index is -4.38. The Morgan fingerprint density at radius 2 is 1.78 bits per heavy atom. The summed E-state index contributed by atoms with van der Waals surface area (Å²) in [7, 11) is -2.87. The fourth-order valence-corrected chi connectivity index (χ4v) is 6.79. The maximum absolute atomic E-state index is 15.2. The second kappa shape index (κ2) is 14.1. The van der Waals surface area contributed by atoms with Crippen LogP contribution in [0.3, 0.4) is 0 Å². The van der Waals surface area contributed by atoms with Gasteiger partial charge in [-0.1, -0.05) is 18.6 Å². The number of amides is 1. The van der Waals surface area contributed by atoms with Gasteiger partial charge in [0.25, 0.3) is 21.5 Å². The van der Waals surface area contributed by atoms with Gasteiger partial charge in [-0.15, -0.1) is 0 Å². The summed E-state index contributed by atoms with van der Waals surface area (Å²) in [5, 5.41) is 2.18. The van der Waals surface area contributed by atoms with E-state index in [-0.39, 0.29) is 23.6 Å². The Hall–Kier alpha value is -5.64. The Kier molecular flexibility index (Phi) is 9.63. The summed E-state index contributed by atoms with van der Waals surface area (Å²) in [6.45, 7) is 0. The van der Waals surface area contributed by atoms with E-state index in [4.69, 9.17) is 9.15 Å². The summed E-state index contributed by atoms with van der Waals surface area (Å²) in [6, 6.07) is 9.73. The van der Waals surface area contributed by atoms with Gasteiger partial charge >= 0.3 is 11.7 Å². The first kappa shape index (κ1) is 34.2. The molecule has 260 valence electrons. The third-order valence-electron chi connectivity index (χ3n) is 8.44. The fraction of sp³-hybridized carbons (Fsp3) is 0.265. The maximum atomic E-state index is 15.2. The number of sulfonamides is 1. The van der Waals surface area contributed by atoms with Gasteiger partial charge in [-0.3, -0.25) is 23.9 Å². The van der Waals surface area contributed by atoms with Crippen LogP contribution in [-0.4, -0.2) is 46.6 Å². The molecule has 1 saturated carbocycles. The van der Waals surface area contributed by atoms with Crippen molar-refractivity contribution in [3.05, 3.63) is 117 Å². The Morgan fingerprint density at radius 1 is 1.04 bits per heavy atom. The molecular formula is C34H31F2N5O8S. The molecule has 1 aliphatic rings. The van der Waals surface area contributed by atoms with Gasteiger partial charge in [0.15, 0.2) is 0 Å². The van der Waals surface area contributed by atoms with E-state index >= 15 is 8.78 Å². The normalized spacial score (nSPS) is 14.3. The van der Waals surface area contributed by atoms with Crippen LogP contribution in [-0.2, 0) is 33.0 Å². The third-order valence-corrected chi connectivity index (χ3v) is 9.69. The first-order valence-electron chi connectivity index (χ1n) is 15.6. The largest absolute Gasteiger partial charge is 0.461 e. The Bertz CT molecular complexity index is 2300. The number of ether oxygens (including phenoxy) is 1. The zero-order chi connectivity index (χ0) is 35.6. The topological polar surface area (TPSA) is 172 Å². The van der Waals surface area contributed by atoms with Crippen molar-refractivity contribution in [2.75, 3.05) is 4.72 Å². The molecule has 1 amide bonds. The summed E-state index contributed by atoms with van der Waals surface area (Å²) in [5.41, 5.74) is -1.58. The SMILES string of the molecule is Cn1c(=O)n(-c2ccc(C[C@H](NC(=O)c3cc(F)c(NS(=O)(=O)c4ccco4)cc3F)C(=O)OC3CCCCC3)cc2)c(=O)c2ccncc21.